The van der Waals surface area contributed by atoms with E-state index in [-0.39, 0.29) is 23.5 Å². The van der Waals surface area contributed by atoms with Crippen LogP contribution in [0.15, 0.2) is 65.1 Å². The number of benzene rings is 2. The first-order valence-corrected chi connectivity index (χ1v) is 10.8. The molecule has 0 N–H and O–H groups in total. The van der Waals surface area contributed by atoms with Crippen LogP contribution >= 0.6 is 0 Å². The van der Waals surface area contributed by atoms with E-state index in [1.54, 1.807) is 31.2 Å². The Morgan fingerprint density at radius 3 is 2.38 bits per heavy atom. The molecule has 1 aliphatic rings. The van der Waals surface area contributed by atoms with E-state index in [4.69, 9.17) is 4.74 Å². The summed E-state index contributed by atoms with van der Waals surface area (Å²) in [5.41, 5.74) is 2.53. The lowest BCUT2D eigenvalue weighted by molar-refractivity contribution is -0.140. The van der Waals surface area contributed by atoms with Crippen molar-refractivity contribution in [3.8, 4) is 0 Å². The van der Waals surface area contributed by atoms with Gasteiger partial charge in [-0.05, 0) is 50.1 Å². The maximum absolute atomic E-state index is 13.4. The minimum absolute atomic E-state index is 0.0306. The van der Waals surface area contributed by atoms with E-state index in [0.717, 1.165) is 15.4 Å². The second-order valence-electron chi connectivity index (χ2n) is 6.90. The second kappa shape index (κ2) is 8.21. The summed E-state index contributed by atoms with van der Waals surface area (Å²) in [6.07, 6.45) is 1.19. The van der Waals surface area contributed by atoms with E-state index in [9.17, 15) is 18.0 Å². The second-order valence-corrected chi connectivity index (χ2v) is 8.71. The molecular weight excluding hydrogens is 390 g/mol. The van der Waals surface area contributed by atoms with Crippen LogP contribution in [0.3, 0.4) is 0 Å². The summed E-state index contributed by atoms with van der Waals surface area (Å²) >= 11 is 0. The molecule has 0 spiro atoms. The van der Waals surface area contributed by atoms with Crippen molar-refractivity contribution in [2.24, 2.45) is 0 Å². The average Bonchev–Trinajstić information content (AvgIpc) is 2.68. The maximum atomic E-state index is 13.4. The fraction of sp³-hybridized carbons (Fsp3) is 0.273. The van der Waals surface area contributed by atoms with Crippen molar-refractivity contribution in [2.45, 2.75) is 38.1 Å². The highest BCUT2D eigenvalue weighted by atomic mass is 32.2. The number of ether oxygens (including phenoxy) is 1. The van der Waals surface area contributed by atoms with E-state index in [1.165, 1.54) is 18.2 Å². The third kappa shape index (κ3) is 4.10. The topological polar surface area (TPSA) is 80.8 Å². The van der Waals surface area contributed by atoms with Crippen LogP contribution in [0, 0.1) is 13.8 Å². The minimum atomic E-state index is -4.12. The molecule has 0 saturated carbocycles. The van der Waals surface area contributed by atoms with Gasteiger partial charge in [0.05, 0.1) is 24.0 Å². The predicted octanol–water partition coefficient (Wildman–Crippen LogP) is 3.46. The first kappa shape index (κ1) is 20.8. The van der Waals surface area contributed by atoms with E-state index < -0.39 is 27.9 Å². The van der Waals surface area contributed by atoms with Gasteiger partial charge in [0.25, 0.3) is 10.0 Å². The lowest BCUT2D eigenvalue weighted by Gasteiger charge is -2.34. The van der Waals surface area contributed by atoms with Gasteiger partial charge >= 0.3 is 5.97 Å². The Balaban J connectivity index is 2.16. The molecule has 0 radical (unpaired) electrons. The maximum Gasteiger partial charge on any atom is 0.334 e. The number of carbonyl (C=O) groups excluding carboxylic acids is 2. The Bertz CT molecular complexity index is 1070. The van der Waals surface area contributed by atoms with Gasteiger partial charge in [-0.2, -0.15) is 0 Å². The zero-order valence-corrected chi connectivity index (χ0v) is 17.4. The molecule has 0 aromatic heterocycles. The fourth-order valence-corrected chi connectivity index (χ4v) is 4.83. The molecule has 2 aromatic rings. The van der Waals surface area contributed by atoms with Crippen molar-refractivity contribution < 1.29 is 22.7 Å². The number of hydrogen-bond donors (Lipinski definition) is 0. The van der Waals surface area contributed by atoms with Crippen molar-refractivity contribution in [3.05, 3.63) is 76.9 Å². The zero-order valence-electron chi connectivity index (χ0n) is 16.6. The van der Waals surface area contributed by atoms with Crippen LogP contribution in [0.1, 0.15) is 36.1 Å². The summed E-state index contributed by atoms with van der Waals surface area (Å²) in [6.45, 7) is 5.54. The lowest BCUT2D eigenvalue weighted by atomic mass is 9.95. The van der Waals surface area contributed by atoms with Gasteiger partial charge in [-0.1, -0.05) is 42.0 Å². The summed E-state index contributed by atoms with van der Waals surface area (Å²) in [5.74, 6) is -1.27. The number of rotatable bonds is 5. The third-order valence-electron chi connectivity index (χ3n) is 4.82. The van der Waals surface area contributed by atoms with Crippen molar-refractivity contribution in [1.29, 1.82) is 0 Å². The molecule has 29 heavy (non-hydrogen) atoms. The number of aryl methyl sites for hydroxylation is 2. The first-order chi connectivity index (χ1) is 13.8. The molecule has 2 aromatic carbocycles. The van der Waals surface area contributed by atoms with Crippen LogP contribution in [0.2, 0.25) is 0 Å². The van der Waals surface area contributed by atoms with E-state index >= 15 is 0 Å². The van der Waals surface area contributed by atoms with E-state index in [0.29, 0.717) is 5.56 Å². The predicted molar refractivity (Wildman–Crippen MR) is 108 cm³/mol. The van der Waals surface area contributed by atoms with Crippen LogP contribution in [0.5, 0.6) is 0 Å². The van der Waals surface area contributed by atoms with Crippen molar-refractivity contribution in [3.63, 3.8) is 0 Å². The molecular formula is C22H23NO5S. The molecule has 1 heterocycles. The quantitative estimate of drug-likeness (QED) is 0.702. The summed E-state index contributed by atoms with van der Waals surface area (Å²) in [7, 11) is -4.12. The molecule has 3 rings (SSSR count). The monoisotopic (exact) mass is 413 g/mol. The molecule has 1 atom stereocenters. The number of hydrogen-bond acceptors (Lipinski definition) is 5. The highest BCUT2D eigenvalue weighted by Gasteiger charge is 2.40. The fourth-order valence-electron chi connectivity index (χ4n) is 3.32. The van der Waals surface area contributed by atoms with E-state index in [2.05, 4.69) is 0 Å². The van der Waals surface area contributed by atoms with Crippen molar-refractivity contribution in [2.75, 3.05) is 6.61 Å². The standard InChI is InChI=1S/C22H23NO5S/c1-4-28-22(25)17-13-20(19-8-6-5-7-16(19)3)23(21(24)14-17)29(26,27)18-11-9-15(2)10-12-18/h5-13,20H,4,14H2,1-3H3. The molecule has 0 fully saturated rings. The SMILES string of the molecule is CCOC(=O)C1=CC(c2ccccc2C)N(S(=O)(=O)c2ccc(C)cc2)C(=O)C1. The number of carbonyl (C=O) groups is 2. The van der Waals surface area contributed by atoms with Gasteiger partial charge in [-0.15, -0.1) is 0 Å². The van der Waals surface area contributed by atoms with Crippen LogP contribution in [0.4, 0.5) is 0 Å². The van der Waals surface area contributed by atoms with Crippen LogP contribution in [0.25, 0.3) is 0 Å². The molecule has 1 amide bonds. The number of esters is 1. The molecule has 6 nitrogen and oxygen atoms in total. The first-order valence-electron chi connectivity index (χ1n) is 9.33. The lowest BCUT2D eigenvalue weighted by Crippen LogP contribution is -2.42. The number of sulfonamides is 1. The minimum Gasteiger partial charge on any atom is -0.463 e. The summed E-state index contributed by atoms with van der Waals surface area (Å²) in [6, 6.07) is 12.6. The Hall–Kier alpha value is -2.93. The van der Waals surface area contributed by atoms with Gasteiger partial charge in [0.2, 0.25) is 5.91 Å². The molecule has 0 bridgehead atoms. The van der Waals surface area contributed by atoms with Crippen molar-refractivity contribution >= 4 is 21.9 Å². The van der Waals surface area contributed by atoms with Gasteiger partial charge in [-0.25, -0.2) is 17.5 Å². The summed E-state index contributed by atoms with van der Waals surface area (Å²) < 4.78 is 32.6. The van der Waals surface area contributed by atoms with Crippen LogP contribution in [-0.2, 0) is 24.3 Å². The summed E-state index contributed by atoms with van der Waals surface area (Å²) in [5, 5.41) is 0. The molecule has 1 aliphatic heterocycles. The Kier molecular flexibility index (Phi) is 5.88. The highest BCUT2D eigenvalue weighted by Crippen LogP contribution is 2.36. The molecule has 0 saturated heterocycles. The smallest absolute Gasteiger partial charge is 0.334 e. The average molecular weight is 413 g/mol. The van der Waals surface area contributed by atoms with E-state index in [1.807, 2.05) is 26.0 Å². The Morgan fingerprint density at radius 2 is 1.76 bits per heavy atom. The van der Waals surface area contributed by atoms with Crippen LogP contribution in [-0.4, -0.2) is 31.2 Å². The van der Waals surface area contributed by atoms with Gasteiger partial charge < -0.3 is 4.74 Å². The van der Waals surface area contributed by atoms with Crippen molar-refractivity contribution in [1.82, 2.24) is 4.31 Å². The largest absolute Gasteiger partial charge is 0.463 e. The Labute approximate surface area is 170 Å². The van der Waals surface area contributed by atoms with Gasteiger partial charge in [0.15, 0.2) is 0 Å². The normalized spacial score (nSPS) is 17.1. The van der Waals surface area contributed by atoms with Gasteiger partial charge in [0.1, 0.15) is 0 Å². The number of nitrogens with zero attached hydrogens (tertiary/aromatic N) is 1. The van der Waals surface area contributed by atoms with Gasteiger partial charge in [0, 0.05) is 5.57 Å². The molecule has 7 heteroatoms. The molecule has 152 valence electrons. The van der Waals surface area contributed by atoms with Gasteiger partial charge in [-0.3, -0.25) is 4.79 Å². The summed E-state index contributed by atoms with van der Waals surface area (Å²) in [4.78, 5) is 25.3. The number of amides is 1. The zero-order chi connectivity index (χ0) is 21.2. The third-order valence-corrected chi connectivity index (χ3v) is 6.64. The highest BCUT2D eigenvalue weighted by molar-refractivity contribution is 7.89. The Morgan fingerprint density at radius 1 is 1.10 bits per heavy atom. The molecule has 1 unspecified atom stereocenters. The van der Waals surface area contributed by atoms with Crippen LogP contribution < -0.4 is 0 Å². The molecule has 0 aliphatic carbocycles.